The third-order valence-corrected chi connectivity index (χ3v) is 5.01. The molecular formula is C19H18N4O3S. The Morgan fingerprint density at radius 3 is 2.78 bits per heavy atom. The zero-order valence-electron chi connectivity index (χ0n) is 15.2. The van der Waals surface area contributed by atoms with Gasteiger partial charge in [0, 0.05) is 12.7 Å². The lowest BCUT2D eigenvalue weighted by molar-refractivity contribution is 0.0526. The number of thiazole rings is 1. The van der Waals surface area contributed by atoms with Crippen molar-refractivity contribution in [2.75, 3.05) is 6.61 Å². The van der Waals surface area contributed by atoms with E-state index in [9.17, 15) is 9.59 Å². The van der Waals surface area contributed by atoms with Crippen LogP contribution in [-0.2, 0) is 18.3 Å². The van der Waals surface area contributed by atoms with Crippen molar-refractivity contribution >= 4 is 33.4 Å². The van der Waals surface area contributed by atoms with Crippen LogP contribution in [-0.4, -0.2) is 32.8 Å². The smallest absolute Gasteiger partial charge is 0.338 e. The predicted molar refractivity (Wildman–Crippen MR) is 102 cm³/mol. The molecule has 0 radical (unpaired) electrons. The quantitative estimate of drug-likeness (QED) is 0.512. The van der Waals surface area contributed by atoms with Crippen LogP contribution in [0.2, 0.25) is 0 Å². The molecular weight excluding hydrogens is 364 g/mol. The van der Waals surface area contributed by atoms with E-state index < -0.39 is 11.9 Å². The molecule has 0 saturated carbocycles. The normalized spacial score (nSPS) is 11.6. The van der Waals surface area contributed by atoms with Gasteiger partial charge in [-0.2, -0.15) is 10.1 Å². The fraction of sp³-hybridized carbons (Fsp3) is 0.263. The third kappa shape index (κ3) is 3.68. The Labute approximate surface area is 159 Å². The molecule has 0 aliphatic heterocycles. The monoisotopic (exact) mass is 382 g/mol. The average Bonchev–Trinajstić information content (AvgIpc) is 3.15. The van der Waals surface area contributed by atoms with E-state index in [0.717, 1.165) is 15.9 Å². The Morgan fingerprint density at radius 1 is 1.37 bits per heavy atom. The Morgan fingerprint density at radius 2 is 2.15 bits per heavy atom. The lowest BCUT2D eigenvalue weighted by Crippen LogP contribution is -2.16. The summed E-state index contributed by atoms with van der Waals surface area (Å²) >= 11 is 1.29. The molecule has 0 aliphatic carbocycles. The van der Waals surface area contributed by atoms with Crippen LogP contribution in [0, 0.1) is 19.3 Å². The van der Waals surface area contributed by atoms with Crippen molar-refractivity contribution in [3.63, 3.8) is 0 Å². The van der Waals surface area contributed by atoms with Crippen molar-refractivity contribution in [2.24, 2.45) is 12.0 Å². The second kappa shape index (κ2) is 7.60. The molecule has 3 aromatic rings. The summed E-state index contributed by atoms with van der Waals surface area (Å²) in [5, 5.41) is 4.16. The van der Waals surface area contributed by atoms with Gasteiger partial charge in [-0.1, -0.05) is 17.3 Å². The summed E-state index contributed by atoms with van der Waals surface area (Å²) in [5.74, 6) is 1.74. The fourth-order valence-electron chi connectivity index (χ4n) is 2.55. The first kappa shape index (κ1) is 18.6. The highest BCUT2D eigenvalue weighted by Gasteiger charge is 2.14. The number of benzene rings is 1. The molecule has 0 unspecified atom stereocenters. The van der Waals surface area contributed by atoms with Crippen molar-refractivity contribution in [2.45, 2.75) is 20.4 Å². The second-order valence-electron chi connectivity index (χ2n) is 5.79. The molecule has 27 heavy (non-hydrogen) atoms. The average molecular weight is 382 g/mol. The van der Waals surface area contributed by atoms with Gasteiger partial charge < -0.3 is 9.30 Å². The highest BCUT2D eigenvalue weighted by Crippen LogP contribution is 2.20. The van der Waals surface area contributed by atoms with E-state index >= 15 is 0 Å². The molecule has 0 atom stereocenters. The van der Waals surface area contributed by atoms with E-state index in [-0.39, 0.29) is 12.2 Å². The predicted octanol–water partition coefficient (Wildman–Crippen LogP) is 2.30. The van der Waals surface area contributed by atoms with Gasteiger partial charge in [0.2, 0.25) is 0 Å². The number of nitrogens with zero attached hydrogens (tertiary/aromatic N) is 4. The second-order valence-corrected chi connectivity index (χ2v) is 6.80. The molecule has 0 fully saturated rings. The minimum Gasteiger partial charge on any atom is -0.462 e. The number of aromatic nitrogens is 3. The van der Waals surface area contributed by atoms with Crippen LogP contribution in [0.15, 0.2) is 29.3 Å². The number of terminal acetylenes is 1. The summed E-state index contributed by atoms with van der Waals surface area (Å²) in [6.45, 7) is 4.17. The van der Waals surface area contributed by atoms with Crippen LogP contribution in [0.1, 0.15) is 33.5 Å². The summed E-state index contributed by atoms with van der Waals surface area (Å²) in [7, 11) is 1.76. The molecule has 8 heteroatoms. The summed E-state index contributed by atoms with van der Waals surface area (Å²) < 4.78 is 9.21. The zero-order chi connectivity index (χ0) is 19.6. The molecule has 1 aromatic carbocycles. The van der Waals surface area contributed by atoms with Gasteiger partial charge in [-0.05, 0) is 38.1 Å². The standard InChI is InChI=1S/C19H18N4O3S/c1-5-9-23-15-8-7-13(18(25)26-6-2)11-16(15)27-19(23)20-17(24)14-10-12(3)22(4)21-14/h1,7-8,10-11H,6,9H2,2-4H3. The first-order valence-corrected chi connectivity index (χ1v) is 9.10. The van der Waals surface area contributed by atoms with Crippen LogP contribution in [0.3, 0.4) is 0 Å². The molecule has 1 amide bonds. The first-order chi connectivity index (χ1) is 12.9. The van der Waals surface area contributed by atoms with E-state index in [1.54, 1.807) is 47.5 Å². The summed E-state index contributed by atoms with van der Waals surface area (Å²) in [6.07, 6.45) is 5.48. The van der Waals surface area contributed by atoms with Crippen molar-refractivity contribution in [1.82, 2.24) is 14.3 Å². The van der Waals surface area contributed by atoms with E-state index in [2.05, 4.69) is 16.0 Å². The largest absolute Gasteiger partial charge is 0.462 e. The van der Waals surface area contributed by atoms with Gasteiger partial charge in [0.05, 0.1) is 28.9 Å². The third-order valence-electron chi connectivity index (χ3n) is 3.97. The lowest BCUT2D eigenvalue weighted by Gasteiger charge is -2.03. The number of fused-ring (bicyclic) bond motifs is 1. The zero-order valence-corrected chi connectivity index (χ0v) is 16.0. The maximum absolute atomic E-state index is 12.5. The van der Waals surface area contributed by atoms with Crippen LogP contribution in [0.4, 0.5) is 0 Å². The van der Waals surface area contributed by atoms with Crippen molar-refractivity contribution in [3.05, 3.63) is 46.0 Å². The molecule has 7 nitrogen and oxygen atoms in total. The van der Waals surface area contributed by atoms with Crippen LogP contribution < -0.4 is 4.80 Å². The first-order valence-electron chi connectivity index (χ1n) is 8.28. The van der Waals surface area contributed by atoms with E-state index in [4.69, 9.17) is 11.2 Å². The number of hydrogen-bond acceptors (Lipinski definition) is 5. The molecule has 0 aliphatic rings. The molecule has 2 heterocycles. The van der Waals surface area contributed by atoms with Crippen LogP contribution in [0.5, 0.6) is 0 Å². The number of amides is 1. The van der Waals surface area contributed by atoms with E-state index in [0.29, 0.717) is 17.0 Å². The minimum absolute atomic E-state index is 0.256. The molecule has 0 N–H and O–H groups in total. The van der Waals surface area contributed by atoms with Gasteiger partial charge in [0.25, 0.3) is 5.91 Å². The minimum atomic E-state index is -0.443. The topological polar surface area (TPSA) is 78.5 Å². The van der Waals surface area contributed by atoms with Gasteiger partial charge in [0.15, 0.2) is 10.5 Å². The number of aryl methyl sites for hydroxylation is 2. The van der Waals surface area contributed by atoms with Gasteiger partial charge in [-0.25, -0.2) is 4.79 Å². The Bertz CT molecular complexity index is 1120. The fourth-order valence-corrected chi connectivity index (χ4v) is 3.62. The van der Waals surface area contributed by atoms with Gasteiger partial charge in [-0.3, -0.25) is 9.48 Å². The lowest BCUT2D eigenvalue weighted by atomic mass is 10.2. The molecule has 3 rings (SSSR count). The summed E-state index contributed by atoms with van der Waals surface area (Å²) in [4.78, 5) is 29.1. The Hall–Kier alpha value is -3.18. The SMILES string of the molecule is C#CCn1c(=NC(=O)c2cc(C)n(C)n2)sc2cc(C(=O)OCC)ccc21. The number of carbonyl (C=O) groups excluding carboxylic acids is 2. The Balaban J connectivity index is 2.10. The Kier molecular flexibility index (Phi) is 5.23. The maximum atomic E-state index is 12.5. The van der Waals surface area contributed by atoms with Crippen molar-refractivity contribution < 1.29 is 14.3 Å². The molecule has 138 valence electrons. The van der Waals surface area contributed by atoms with Crippen molar-refractivity contribution in [3.8, 4) is 12.3 Å². The van der Waals surface area contributed by atoms with E-state index in [1.807, 2.05) is 6.92 Å². The van der Waals surface area contributed by atoms with Gasteiger partial charge >= 0.3 is 5.97 Å². The number of carbonyl (C=O) groups is 2. The summed E-state index contributed by atoms with van der Waals surface area (Å²) in [5.41, 5.74) is 2.37. The highest BCUT2D eigenvalue weighted by molar-refractivity contribution is 7.16. The van der Waals surface area contributed by atoms with Crippen LogP contribution in [0.25, 0.3) is 10.2 Å². The van der Waals surface area contributed by atoms with Gasteiger partial charge in [-0.15, -0.1) is 6.42 Å². The number of hydrogen-bond donors (Lipinski definition) is 0. The van der Waals surface area contributed by atoms with Gasteiger partial charge in [0.1, 0.15) is 0 Å². The number of rotatable bonds is 4. The van der Waals surface area contributed by atoms with E-state index in [1.165, 1.54) is 11.3 Å². The van der Waals surface area contributed by atoms with Crippen LogP contribution >= 0.6 is 11.3 Å². The molecule has 0 saturated heterocycles. The molecule has 0 spiro atoms. The summed E-state index contributed by atoms with van der Waals surface area (Å²) in [6, 6.07) is 6.86. The number of esters is 1. The van der Waals surface area contributed by atoms with Crippen molar-refractivity contribution in [1.29, 1.82) is 0 Å². The maximum Gasteiger partial charge on any atom is 0.338 e. The number of ether oxygens (including phenoxy) is 1. The molecule has 0 bridgehead atoms. The molecule has 2 aromatic heterocycles. The highest BCUT2D eigenvalue weighted by atomic mass is 32.1.